The lowest BCUT2D eigenvalue weighted by Gasteiger charge is -2.43. The van der Waals surface area contributed by atoms with Crippen molar-refractivity contribution < 1.29 is 4.79 Å². The predicted octanol–water partition coefficient (Wildman–Crippen LogP) is 3.12. The zero-order valence-corrected chi connectivity index (χ0v) is 13.0. The lowest BCUT2D eigenvalue weighted by Crippen LogP contribution is -2.61. The highest BCUT2D eigenvalue weighted by Crippen LogP contribution is 2.22. The summed E-state index contributed by atoms with van der Waals surface area (Å²) in [6.45, 7) is 8.50. The molecule has 4 heteroatoms. The molecule has 1 aromatic rings. The minimum absolute atomic E-state index is 0.0303. The Morgan fingerprint density at radius 1 is 1.14 bits per heavy atom. The third kappa shape index (κ3) is 3.21. The summed E-state index contributed by atoms with van der Waals surface area (Å²) < 4.78 is 0. The molecule has 2 amide bonds. The van der Waals surface area contributed by atoms with E-state index in [1.165, 1.54) is 31.5 Å². The molecule has 2 heterocycles. The number of likely N-dealkylation sites (tertiary alicyclic amines) is 2. The summed E-state index contributed by atoms with van der Waals surface area (Å²) in [4.78, 5) is 16.6. The van der Waals surface area contributed by atoms with Crippen LogP contribution in [0.2, 0.25) is 0 Å². The average Bonchev–Trinajstić information content (AvgIpc) is 2.91. The SMILES string of the molecule is CC(C)c1ccc(NC(=O)N2CC(N3CCCC3)C2)cc1. The molecule has 21 heavy (non-hydrogen) atoms. The van der Waals surface area contributed by atoms with Gasteiger partial charge in [0.15, 0.2) is 0 Å². The van der Waals surface area contributed by atoms with E-state index in [2.05, 4.69) is 36.2 Å². The number of amides is 2. The second-order valence-corrected chi connectivity index (χ2v) is 6.51. The standard InChI is InChI=1S/C17H25N3O/c1-13(2)14-5-7-15(8-6-14)18-17(21)20-11-16(12-20)19-9-3-4-10-19/h5-8,13,16H,3-4,9-12H2,1-2H3,(H,18,21). The van der Waals surface area contributed by atoms with Crippen LogP contribution in [0.4, 0.5) is 10.5 Å². The predicted molar refractivity (Wildman–Crippen MR) is 85.7 cm³/mol. The fraction of sp³-hybridized carbons (Fsp3) is 0.588. The maximum atomic E-state index is 12.2. The summed E-state index contributed by atoms with van der Waals surface area (Å²) in [6, 6.07) is 8.77. The van der Waals surface area contributed by atoms with E-state index < -0.39 is 0 Å². The first kappa shape index (κ1) is 14.4. The fourth-order valence-corrected chi connectivity index (χ4v) is 3.11. The van der Waals surface area contributed by atoms with Gasteiger partial charge in [-0.3, -0.25) is 4.90 Å². The van der Waals surface area contributed by atoms with E-state index in [1.54, 1.807) is 0 Å². The van der Waals surface area contributed by atoms with Crippen molar-refractivity contribution in [3.05, 3.63) is 29.8 Å². The Labute approximate surface area is 127 Å². The van der Waals surface area contributed by atoms with Crippen LogP contribution in [0.3, 0.4) is 0 Å². The molecule has 2 aliphatic rings. The summed E-state index contributed by atoms with van der Waals surface area (Å²) in [5.74, 6) is 0.520. The van der Waals surface area contributed by atoms with E-state index in [9.17, 15) is 4.79 Å². The molecule has 1 N–H and O–H groups in total. The van der Waals surface area contributed by atoms with Gasteiger partial charge in [-0.25, -0.2) is 4.79 Å². The van der Waals surface area contributed by atoms with Crippen molar-refractivity contribution in [2.24, 2.45) is 0 Å². The van der Waals surface area contributed by atoms with E-state index in [0.717, 1.165) is 18.8 Å². The Bertz CT molecular complexity index is 485. The van der Waals surface area contributed by atoms with Crippen molar-refractivity contribution >= 4 is 11.7 Å². The Morgan fingerprint density at radius 2 is 1.76 bits per heavy atom. The van der Waals surface area contributed by atoms with Gasteiger partial charge in [0.05, 0.1) is 0 Å². The van der Waals surface area contributed by atoms with Crippen LogP contribution >= 0.6 is 0 Å². The first-order valence-corrected chi connectivity index (χ1v) is 8.03. The monoisotopic (exact) mass is 287 g/mol. The molecule has 0 bridgehead atoms. The molecule has 2 aliphatic heterocycles. The zero-order chi connectivity index (χ0) is 14.8. The molecule has 0 spiro atoms. The Hall–Kier alpha value is -1.55. The lowest BCUT2D eigenvalue weighted by atomic mass is 10.0. The van der Waals surface area contributed by atoms with Gasteiger partial charge in [0.25, 0.3) is 0 Å². The Morgan fingerprint density at radius 3 is 2.33 bits per heavy atom. The number of benzene rings is 1. The topological polar surface area (TPSA) is 35.6 Å². The second kappa shape index (κ2) is 6.06. The van der Waals surface area contributed by atoms with E-state index >= 15 is 0 Å². The van der Waals surface area contributed by atoms with Crippen molar-refractivity contribution in [3.8, 4) is 0 Å². The number of hydrogen-bond acceptors (Lipinski definition) is 2. The summed E-state index contributed by atoms with van der Waals surface area (Å²) in [5.41, 5.74) is 2.18. The molecule has 2 fully saturated rings. The normalized spacial score (nSPS) is 19.9. The third-order valence-corrected chi connectivity index (χ3v) is 4.64. The average molecular weight is 287 g/mol. The zero-order valence-electron chi connectivity index (χ0n) is 13.0. The number of urea groups is 1. The summed E-state index contributed by atoms with van der Waals surface area (Å²) in [5, 5.41) is 2.99. The number of hydrogen-bond donors (Lipinski definition) is 1. The van der Waals surface area contributed by atoms with Gasteiger partial charge in [-0.1, -0.05) is 26.0 Å². The summed E-state index contributed by atoms with van der Waals surface area (Å²) in [6.07, 6.45) is 2.62. The fourth-order valence-electron chi connectivity index (χ4n) is 3.11. The second-order valence-electron chi connectivity index (χ2n) is 6.51. The largest absolute Gasteiger partial charge is 0.321 e. The number of nitrogens with one attached hydrogen (secondary N) is 1. The molecule has 114 valence electrons. The van der Waals surface area contributed by atoms with E-state index in [-0.39, 0.29) is 6.03 Å². The van der Waals surface area contributed by atoms with Crippen molar-refractivity contribution in [2.45, 2.75) is 38.6 Å². The van der Waals surface area contributed by atoms with Crippen LogP contribution in [-0.4, -0.2) is 48.1 Å². The number of rotatable bonds is 3. The van der Waals surface area contributed by atoms with Gasteiger partial charge in [0.2, 0.25) is 0 Å². The van der Waals surface area contributed by atoms with E-state index in [0.29, 0.717) is 12.0 Å². The highest BCUT2D eigenvalue weighted by molar-refractivity contribution is 5.89. The molecular formula is C17H25N3O. The van der Waals surface area contributed by atoms with Crippen molar-refractivity contribution in [3.63, 3.8) is 0 Å². The quantitative estimate of drug-likeness (QED) is 0.927. The molecule has 0 saturated carbocycles. The van der Waals surface area contributed by atoms with Crippen LogP contribution in [-0.2, 0) is 0 Å². The molecule has 1 aromatic carbocycles. The summed E-state index contributed by atoms with van der Waals surface area (Å²) in [7, 11) is 0. The van der Waals surface area contributed by atoms with Crippen molar-refractivity contribution in [1.82, 2.24) is 9.80 Å². The van der Waals surface area contributed by atoms with Gasteiger partial charge in [0.1, 0.15) is 0 Å². The molecule has 0 aromatic heterocycles. The smallest absolute Gasteiger partial charge is 0.321 e. The maximum Gasteiger partial charge on any atom is 0.321 e. The van der Waals surface area contributed by atoms with Crippen LogP contribution in [0.5, 0.6) is 0 Å². The lowest BCUT2D eigenvalue weighted by molar-refractivity contribution is 0.0776. The minimum Gasteiger partial charge on any atom is -0.321 e. The van der Waals surface area contributed by atoms with Gasteiger partial charge in [-0.2, -0.15) is 0 Å². The highest BCUT2D eigenvalue weighted by Gasteiger charge is 2.35. The number of carbonyl (C=O) groups excluding carboxylic acids is 1. The van der Waals surface area contributed by atoms with E-state index in [4.69, 9.17) is 0 Å². The number of carbonyl (C=O) groups is 1. The van der Waals surface area contributed by atoms with E-state index in [1.807, 2.05) is 17.0 Å². The Kier molecular flexibility index (Phi) is 4.15. The number of anilines is 1. The van der Waals surface area contributed by atoms with Crippen LogP contribution < -0.4 is 5.32 Å². The molecule has 0 atom stereocenters. The number of nitrogens with zero attached hydrogens (tertiary/aromatic N) is 2. The highest BCUT2D eigenvalue weighted by atomic mass is 16.2. The molecule has 2 saturated heterocycles. The molecule has 0 radical (unpaired) electrons. The maximum absolute atomic E-state index is 12.2. The molecule has 0 unspecified atom stereocenters. The van der Waals surface area contributed by atoms with Gasteiger partial charge in [-0.05, 0) is 49.5 Å². The van der Waals surface area contributed by atoms with Crippen LogP contribution in [0.15, 0.2) is 24.3 Å². The van der Waals surface area contributed by atoms with Crippen LogP contribution in [0.25, 0.3) is 0 Å². The first-order chi connectivity index (χ1) is 10.1. The third-order valence-electron chi connectivity index (χ3n) is 4.64. The van der Waals surface area contributed by atoms with Gasteiger partial charge in [-0.15, -0.1) is 0 Å². The van der Waals surface area contributed by atoms with Gasteiger partial charge >= 0.3 is 6.03 Å². The van der Waals surface area contributed by atoms with Crippen molar-refractivity contribution in [1.29, 1.82) is 0 Å². The molecule has 3 rings (SSSR count). The van der Waals surface area contributed by atoms with Crippen LogP contribution in [0, 0.1) is 0 Å². The first-order valence-electron chi connectivity index (χ1n) is 8.03. The summed E-state index contributed by atoms with van der Waals surface area (Å²) >= 11 is 0. The molecule has 0 aliphatic carbocycles. The Balaban J connectivity index is 1.48. The molecular weight excluding hydrogens is 262 g/mol. The van der Waals surface area contributed by atoms with Crippen LogP contribution in [0.1, 0.15) is 38.2 Å². The minimum atomic E-state index is 0.0303. The van der Waals surface area contributed by atoms with Gasteiger partial charge in [0, 0.05) is 24.8 Å². The van der Waals surface area contributed by atoms with Crippen molar-refractivity contribution in [2.75, 3.05) is 31.5 Å². The van der Waals surface area contributed by atoms with Gasteiger partial charge < -0.3 is 10.2 Å². The molecule has 4 nitrogen and oxygen atoms in total.